The number of benzene rings is 1. The fourth-order valence-corrected chi connectivity index (χ4v) is 4.26. The van der Waals surface area contributed by atoms with Crippen molar-refractivity contribution in [2.75, 3.05) is 11.1 Å². The number of nitrogen functional groups attached to an aromatic ring is 1. The number of hydrogen-bond donors (Lipinski definition) is 2. The minimum absolute atomic E-state index is 0.0844. The molecule has 1 unspecified atom stereocenters. The fraction of sp³-hybridized carbons (Fsp3) is 0.0909. The normalized spacial score (nSPS) is 14.9. The van der Waals surface area contributed by atoms with Crippen molar-refractivity contribution in [2.24, 2.45) is 0 Å². The lowest BCUT2D eigenvalue weighted by Gasteiger charge is -2.06. The molecule has 8 heteroatoms. The topological polar surface area (TPSA) is 109 Å². The van der Waals surface area contributed by atoms with Crippen LogP contribution in [0.1, 0.15) is 15.4 Å². The number of rotatable bonds is 4. The van der Waals surface area contributed by atoms with E-state index in [4.69, 9.17) is 15.1 Å². The van der Waals surface area contributed by atoms with E-state index in [1.54, 1.807) is 41.3 Å². The highest BCUT2D eigenvalue weighted by atomic mass is 32.1. The van der Waals surface area contributed by atoms with E-state index in [1.807, 2.05) is 24.3 Å². The van der Waals surface area contributed by atoms with Crippen LogP contribution in [0.25, 0.3) is 21.8 Å². The summed E-state index contributed by atoms with van der Waals surface area (Å²) in [6.07, 6.45) is 3.76. The number of nitriles is 1. The van der Waals surface area contributed by atoms with E-state index in [0.29, 0.717) is 34.2 Å². The maximum atomic E-state index is 13.2. The Bertz CT molecular complexity index is 1290. The van der Waals surface area contributed by atoms with Gasteiger partial charge < -0.3 is 10.2 Å². The van der Waals surface area contributed by atoms with Gasteiger partial charge in [-0.2, -0.15) is 9.83 Å². The standard InChI is InChI=1S/C22H15N5O2S/c23-11-16-7-8-19(30-16)20-21-26-17(10-15-2-1-9-29-15)22(28)27(21)12-18(25-20)13-3-5-14(24)6-4-13/h1-9,12,17H,10,24H2/p+1. The summed E-state index contributed by atoms with van der Waals surface area (Å²) in [4.78, 5) is 19.4. The average Bonchev–Trinajstić information content (AvgIpc) is 3.50. The second-order valence-electron chi connectivity index (χ2n) is 6.91. The van der Waals surface area contributed by atoms with Crippen LogP contribution in [-0.2, 0) is 6.42 Å². The third-order valence-corrected chi connectivity index (χ3v) is 5.93. The number of hydrogen-bond acceptors (Lipinski definition) is 7. The first-order valence-corrected chi connectivity index (χ1v) is 10.1. The second kappa shape index (κ2) is 7.13. The van der Waals surface area contributed by atoms with Gasteiger partial charge in [-0.1, -0.05) is 12.1 Å². The molecule has 0 amide bonds. The first kappa shape index (κ1) is 18.1. The lowest BCUT2D eigenvalue weighted by atomic mass is 10.1. The van der Waals surface area contributed by atoms with E-state index in [0.717, 1.165) is 16.2 Å². The van der Waals surface area contributed by atoms with Crippen molar-refractivity contribution in [1.29, 1.82) is 5.26 Å². The molecular weight excluding hydrogens is 398 g/mol. The van der Waals surface area contributed by atoms with Crippen molar-refractivity contribution < 1.29 is 13.8 Å². The summed E-state index contributed by atoms with van der Waals surface area (Å²) in [7, 11) is 0. The number of carbonyl (C=O) groups is 1. The lowest BCUT2D eigenvalue weighted by Crippen LogP contribution is -2.43. The zero-order chi connectivity index (χ0) is 20.7. The second-order valence-corrected chi connectivity index (χ2v) is 7.99. The summed E-state index contributed by atoms with van der Waals surface area (Å²) in [6.45, 7) is 0. The Labute approximate surface area is 176 Å². The predicted octanol–water partition coefficient (Wildman–Crippen LogP) is 3.49. The molecule has 5 rings (SSSR count). The molecule has 146 valence electrons. The van der Waals surface area contributed by atoms with Crippen LogP contribution in [0.5, 0.6) is 0 Å². The van der Waals surface area contributed by atoms with Gasteiger partial charge in [-0.3, -0.25) is 5.32 Å². The highest BCUT2D eigenvalue weighted by molar-refractivity contribution is 7.16. The molecule has 0 radical (unpaired) electrons. The molecule has 1 aliphatic rings. The van der Waals surface area contributed by atoms with E-state index in [9.17, 15) is 10.1 Å². The number of thiophene rings is 1. The van der Waals surface area contributed by atoms with E-state index < -0.39 is 6.04 Å². The summed E-state index contributed by atoms with van der Waals surface area (Å²) >= 11 is 1.34. The van der Waals surface area contributed by atoms with Gasteiger partial charge in [0.25, 0.3) is 0 Å². The Morgan fingerprint density at radius 2 is 2.07 bits per heavy atom. The van der Waals surface area contributed by atoms with Crippen LogP contribution >= 0.6 is 11.3 Å². The highest BCUT2D eigenvalue weighted by Crippen LogP contribution is 2.34. The molecule has 4 heterocycles. The molecule has 0 spiro atoms. The van der Waals surface area contributed by atoms with Gasteiger partial charge in [0.05, 0.1) is 17.6 Å². The number of nitrogens with one attached hydrogen (secondary N) is 1. The minimum atomic E-state index is -0.464. The Kier molecular flexibility index (Phi) is 4.30. The van der Waals surface area contributed by atoms with Gasteiger partial charge in [-0.25, -0.2) is 9.78 Å². The maximum Gasteiger partial charge on any atom is 0.359 e. The summed E-state index contributed by atoms with van der Waals surface area (Å²) in [5.41, 5.74) is 8.59. The lowest BCUT2D eigenvalue weighted by molar-refractivity contribution is -0.551. The molecule has 3 N–H and O–H groups in total. The fourth-order valence-electron chi connectivity index (χ4n) is 3.47. The van der Waals surface area contributed by atoms with Crippen molar-refractivity contribution in [3.63, 3.8) is 0 Å². The van der Waals surface area contributed by atoms with Crippen LogP contribution in [0.3, 0.4) is 0 Å². The van der Waals surface area contributed by atoms with Gasteiger partial charge in [-0.15, -0.1) is 11.3 Å². The van der Waals surface area contributed by atoms with Gasteiger partial charge in [0, 0.05) is 11.3 Å². The monoisotopic (exact) mass is 414 g/mol. The molecule has 0 aliphatic carbocycles. The number of carbonyl (C=O) groups excluding carboxylic acids is 1. The third-order valence-electron chi connectivity index (χ3n) is 4.94. The smallest absolute Gasteiger partial charge is 0.359 e. The third kappa shape index (κ3) is 3.11. The van der Waals surface area contributed by atoms with Gasteiger partial charge >= 0.3 is 11.7 Å². The van der Waals surface area contributed by atoms with Crippen molar-refractivity contribution in [3.05, 3.63) is 71.6 Å². The van der Waals surface area contributed by atoms with Crippen LogP contribution in [0.15, 0.2) is 65.4 Å². The first-order valence-electron chi connectivity index (χ1n) is 9.28. The highest BCUT2D eigenvalue weighted by Gasteiger charge is 2.42. The zero-order valence-electron chi connectivity index (χ0n) is 15.7. The van der Waals surface area contributed by atoms with E-state index >= 15 is 0 Å². The van der Waals surface area contributed by atoms with Crippen LogP contribution in [0.4, 0.5) is 11.5 Å². The summed E-state index contributed by atoms with van der Waals surface area (Å²) in [5, 5.41) is 12.5. The minimum Gasteiger partial charge on any atom is -0.469 e. The van der Waals surface area contributed by atoms with Crippen LogP contribution in [0.2, 0.25) is 0 Å². The molecular formula is C22H16N5O2S+. The Hall–Kier alpha value is -3.96. The molecule has 0 saturated carbocycles. The maximum absolute atomic E-state index is 13.2. The van der Waals surface area contributed by atoms with Gasteiger partial charge in [0.2, 0.25) is 6.04 Å². The van der Waals surface area contributed by atoms with Crippen LogP contribution < -0.4 is 15.6 Å². The number of nitrogens with zero attached hydrogens (tertiary/aromatic N) is 3. The molecule has 3 aromatic heterocycles. The Morgan fingerprint density at radius 1 is 1.23 bits per heavy atom. The quantitative estimate of drug-likeness (QED) is 0.391. The Morgan fingerprint density at radius 3 is 2.77 bits per heavy atom. The molecule has 4 aromatic rings. The SMILES string of the molecule is N#Cc1ccc(-c2nc(-c3ccc(N)cc3)c[n+]3c2NC(Cc2ccco2)C3=O)s1. The molecule has 7 nitrogen and oxygen atoms in total. The summed E-state index contributed by atoms with van der Waals surface area (Å²) in [5.74, 6) is 1.26. The largest absolute Gasteiger partial charge is 0.469 e. The van der Waals surface area contributed by atoms with Crippen molar-refractivity contribution in [1.82, 2.24) is 4.98 Å². The number of fused-ring (bicyclic) bond motifs is 1. The molecule has 0 bridgehead atoms. The Balaban J connectivity index is 1.63. The van der Waals surface area contributed by atoms with E-state index in [2.05, 4.69) is 11.4 Å². The van der Waals surface area contributed by atoms with Gasteiger partial charge in [0.1, 0.15) is 28.6 Å². The van der Waals surface area contributed by atoms with Gasteiger partial charge in [-0.05, 0) is 36.4 Å². The zero-order valence-corrected chi connectivity index (χ0v) is 16.5. The number of aromatic nitrogens is 2. The number of furan rings is 1. The van der Waals surface area contributed by atoms with Crippen LogP contribution in [0, 0.1) is 11.3 Å². The van der Waals surface area contributed by atoms with E-state index in [-0.39, 0.29) is 5.91 Å². The summed E-state index contributed by atoms with van der Waals surface area (Å²) < 4.78 is 7.02. The van der Waals surface area contributed by atoms with Gasteiger partial charge in [0.15, 0.2) is 5.69 Å². The molecule has 30 heavy (non-hydrogen) atoms. The number of anilines is 2. The average molecular weight is 414 g/mol. The first-order chi connectivity index (χ1) is 14.6. The summed E-state index contributed by atoms with van der Waals surface area (Å²) in [6, 6.07) is 16.3. The molecule has 1 atom stereocenters. The van der Waals surface area contributed by atoms with Crippen molar-refractivity contribution in [3.8, 4) is 27.9 Å². The number of nitrogens with two attached hydrogens (primary N) is 1. The van der Waals surface area contributed by atoms with E-state index in [1.165, 1.54) is 11.3 Å². The predicted molar refractivity (Wildman–Crippen MR) is 113 cm³/mol. The molecule has 0 fully saturated rings. The molecule has 0 saturated heterocycles. The molecule has 1 aliphatic heterocycles. The van der Waals surface area contributed by atoms with Crippen molar-refractivity contribution >= 4 is 28.7 Å². The molecule has 1 aromatic carbocycles. The van der Waals surface area contributed by atoms with Crippen LogP contribution in [-0.4, -0.2) is 16.9 Å². The van der Waals surface area contributed by atoms with Crippen molar-refractivity contribution in [2.45, 2.75) is 12.5 Å².